The highest BCUT2D eigenvalue weighted by atomic mass is 32.2. The van der Waals surface area contributed by atoms with E-state index in [1.54, 1.807) is 7.11 Å². The number of benzene rings is 2. The molecule has 2 N–H and O–H groups in total. The molecule has 0 fully saturated rings. The Morgan fingerprint density at radius 2 is 1.64 bits per heavy atom. The van der Waals surface area contributed by atoms with Gasteiger partial charge in [0.1, 0.15) is 18.1 Å². The Morgan fingerprint density at radius 1 is 0.939 bits per heavy atom. The molecule has 2 heterocycles. The summed E-state index contributed by atoms with van der Waals surface area (Å²) < 4.78 is 18.1. The Hall–Kier alpha value is -3.53. The molecule has 2 aromatic heterocycles. The summed E-state index contributed by atoms with van der Waals surface area (Å²) in [5.41, 5.74) is 2.15. The zero-order valence-corrected chi connectivity index (χ0v) is 19.8. The lowest BCUT2D eigenvalue weighted by molar-refractivity contribution is 0.291. The van der Waals surface area contributed by atoms with Crippen molar-refractivity contribution in [1.82, 2.24) is 25.1 Å². The van der Waals surface area contributed by atoms with Crippen LogP contribution in [-0.2, 0) is 17.8 Å². The summed E-state index contributed by atoms with van der Waals surface area (Å²) in [7, 11) is 1.62. The van der Waals surface area contributed by atoms with Crippen LogP contribution in [0.1, 0.15) is 38.0 Å². The molecule has 0 atom stereocenters. The molecule has 0 bridgehead atoms. The highest BCUT2D eigenvalue weighted by molar-refractivity contribution is 7.98. The predicted molar refractivity (Wildman–Crippen MR) is 125 cm³/mol. The number of rotatable bonds is 8. The third kappa shape index (κ3) is 5.46. The van der Waals surface area contributed by atoms with Crippen molar-refractivity contribution in [2.24, 2.45) is 0 Å². The molecule has 0 saturated carbocycles. The molecule has 0 aliphatic heterocycles. The van der Waals surface area contributed by atoms with Crippen LogP contribution in [0.15, 0.2) is 58.1 Å². The molecule has 172 valence electrons. The van der Waals surface area contributed by atoms with Crippen molar-refractivity contribution in [2.75, 3.05) is 13.0 Å². The Balaban J connectivity index is 1.33. The van der Waals surface area contributed by atoms with Crippen molar-refractivity contribution in [3.05, 3.63) is 65.8 Å². The largest absolute Gasteiger partial charge is 0.497 e. The fourth-order valence-electron chi connectivity index (χ4n) is 2.99. The van der Waals surface area contributed by atoms with Gasteiger partial charge in [-0.3, -0.25) is 0 Å². The predicted octanol–water partition coefficient (Wildman–Crippen LogP) is 4.22. The average Bonchev–Trinajstić information content (AvgIpc) is 3.43. The summed E-state index contributed by atoms with van der Waals surface area (Å²) in [6.07, 6.45) is 0. The number of methoxy groups -OCH3 is 1. The molecule has 0 saturated heterocycles. The third-order valence-electron chi connectivity index (χ3n) is 4.95. The number of thioether (sulfide) groups is 1. The summed E-state index contributed by atoms with van der Waals surface area (Å²) in [4.78, 5) is 0. The van der Waals surface area contributed by atoms with E-state index in [0.717, 1.165) is 17.1 Å². The number of nitrogens with two attached hydrogens (primary N) is 1. The number of ether oxygens (including phenoxy) is 2. The summed E-state index contributed by atoms with van der Waals surface area (Å²) in [5, 5.41) is 17.0. The van der Waals surface area contributed by atoms with Gasteiger partial charge in [0.2, 0.25) is 16.9 Å². The van der Waals surface area contributed by atoms with Crippen molar-refractivity contribution >= 4 is 11.8 Å². The Labute approximate surface area is 196 Å². The topological polar surface area (TPSA) is 114 Å². The Kier molecular flexibility index (Phi) is 6.55. The van der Waals surface area contributed by atoms with E-state index in [4.69, 9.17) is 19.7 Å². The average molecular weight is 467 g/mol. The van der Waals surface area contributed by atoms with E-state index >= 15 is 0 Å². The second kappa shape index (κ2) is 9.53. The fourth-order valence-corrected chi connectivity index (χ4v) is 3.70. The van der Waals surface area contributed by atoms with Crippen LogP contribution in [0.3, 0.4) is 0 Å². The lowest BCUT2D eigenvalue weighted by Gasteiger charge is -2.19. The van der Waals surface area contributed by atoms with E-state index in [2.05, 4.69) is 53.3 Å². The smallest absolute Gasteiger partial charge is 0.247 e. The molecule has 0 spiro atoms. The van der Waals surface area contributed by atoms with Gasteiger partial charge in [-0.05, 0) is 47.4 Å². The van der Waals surface area contributed by atoms with E-state index in [0.29, 0.717) is 28.5 Å². The number of hydrogen-bond donors (Lipinski definition) is 1. The van der Waals surface area contributed by atoms with Gasteiger partial charge in [0.15, 0.2) is 5.82 Å². The van der Waals surface area contributed by atoms with Gasteiger partial charge in [-0.2, -0.15) is 0 Å². The summed E-state index contributed by atoms with van der Waals surface area (Å²) in [6, 6.07) is 15.4. The van der Waals surface area contributed by atoms with Gasteiger partial charge >= 0.3 is 0 Å². The molecule has 4 aromatic rings. The maximum absolute atomic E-state index is 6.15. The molecule has 0 amide bonds. The first kappa shape index (κ1) is 22.7. The normalized spacial score (nSPS) is 11.5. The molecule has 0 aliphatic rings. The number of aromatic nitrogens is 5. The number of nitrogen functional groups attached to an aromatic ring is 1. The second-order valence-electron chi connectivity index (χ2n) is 8.35. The van der Waals surface area contributed by atoms with Crippen molar-refractivity contribution < 1.29 is 13.9 Å². The van der Waals surface area contributed by atoms with Crippen LogP contribution < -0.4 is 15.3 Å². The van der Waals surface area contributed by atoms with Gasteiger partial charge in [0.05, 0.1) is 12.9 Å². The van der Waals surface area contributed by atoms with Gasteiger partial charge in [-0.25, -0.2) is 4.68 Å². The minimum Gasteiger partial charge on any atom is -0.497 e. The quantitative estimate of drug-likeness (QED) is 0.301. The standard InChI is InChI=1S/C23H26N6O3S/c1-23(2,3)16-7-11-18(12-8-16)31-13-19-25-28-22(29(19)24)33-14-20-26-27-21(32-20)15-5-9-17(30-4)10-6-15/h5-12H,13-14,24H2,1-4H3. The molecular weight excluding hydrogens is 440 g/mol. The maximum Gasteiger partial charge on any atom is 0.247 e. The molecule has 4 rings (SSSR count). The highest BCUT2D eigenvalue weighted by Crippen LogP contribution is 2.26. The van der Waals surface area contributed by atoms with Crippen LogP contribution in [0.5, 0.6) is 11.5 Å². The van der Waals surface area contributed by atoms with Crippen LogP contribution in [0, 0.1) is 0 Å². The van der Waals surface area contributed by atoms with Crippen LogP contribution in [0.2, 0.25) is 0 Å². The summed E-state index contributed by atoms with van der Waals surface area (Å²) in [5.74, 6) is 9.49. The molecule has 0 radical (unpaired) electrons. The molecule has 9 nitrogen and oxygen atoms in total. The van der Waals surface area contributed by atoms with Gasteiger partial charge in [-0.15, -0.1) is 20.4 Å². The number of hydrogen-bond acceptors (Lipinski definition) is 9. The van der Waals surface area contributed by atoms with Crippen molar-refractivity contribution in [1.29, 1.82) is 0 Å². The first-order chi connectivity index (χ1) is 15.8. The third-order valence-corrected chi connectivity index (χ3v) is 5.88. The Bertz CT molecular complexity index is 1200. The lowest BCUT2D eigenvalue weighted by atomic mass is 9.87. The van der Waals surface area contributed by atoms with Crippen LogP contribution in [0.25, 0.3) is 11.5 Å². The SMILES string of the molecule is COc1ccc(-c2nnc(CSc3nnc(COc4ccc(C(C)(C)C)cc4)n3N)o2)cc1. The molecule has 10 heteroatoms. The van der Waals surface area contributed by atoms with E-state index in [1.165, 1.54) is 22.0 Å². The minimum absolute atomic E-state index is 0.0931. The van der Waals surface area contributed by atoms with E-state index < -0.39 is 0 Å². The highest BCUT2D eigenvalue weighted by Gasteiger charge is 2.15. The molecule has 33 heavy (non-hydrogen) atoms. The maximum atomic E-state index is 6.15. The second-order valence-corrected chi connectivity index (χ2v) is 9.29. The van der Waals surface area contributed by atoms with Gasteiger partial charge in [-0.1, -0.05) is 44.7 Å². The fraction of sp³-hybridized carbons (Fsp3) is 0.304. The van der Waals surface area contributed by atoms with Crippen molar-refractivity contribution in [3.8, 4) is 23.0 Å². The van der Waals surface area contributed by atoms with Crippen molar-refractivity contribution in [2.45, 2.75) is 43.7 Å². The molecular formula is C23H26N6O3S. The molecule has 0 aliphatic carbocycles. The zero-order valence-electron chi connectivity index (χ0n) is 19.0. The zero-order chi connectivity index (χ0) is 23.4. The van der Waals surface area contributed by atoms with Crippen LogP contribution in [0.4, 0.5) is 0 Å². The summed E-state index contributed by atoms with van der Waals surface area (Å²) in [6.45, 7) is 6.73. The van der Waals surface area contributed by atoms with Crippen LogP contribution >= 0.6 is 11.8 Å². The van der Waals surface area contributed by atoms with Gasteiger partial charge < -0.3 is 19.7 Å². The molecule has 2 aromatic carbocycles. The van der Waals surface area contributed by atoms with Gasteiger partial charge in [0.25, 0.3) is 0 Å². The van der Waals surface area contributed by atoms with E-state index in [1.807, 2.05) is 36.4 Å². The molecule has 0 unspecified atom stereocenters. The summed E-state index contributed by atoms with van der Waals surface area (Å²) >= 11 is 1.35. The van der Waals surface area contributed by atoms with Crippen molar-refractivity contribution in [3.63, 3.8) is 0 Å². The first-order valence-electron chi connectivity index (χ1n) is 10.4. The first-order valence-corrected chi connectivity index (χ1v) is 11.3. The lowest BCUT2D eigenvalue weighted by Crippen LogP contribution is -2.16. The van der Waals surface area contributed by atoms with Crippen LogP contribution in [-0.4, -0.2) is 32.2 Å². The minimum atomic E-state index is 0.0931. The monoisotopic (exact) mass is 466 g/mol. The van der Waals surface area contributed by atoms with Gasteiger partial charge in [0, 0.05) is 5.56 Å². The van der Waals surface area contributed by atoms with E-state index in [-0.39, 0.29) is 12.0 Å². The Morgan fingerprint density at radius 3 is 2.30 bits per heavy atom. The van der Waals surface area contributed by atoms with E-state index in [9.17, 15) is 0 Å². The number of nitrogens with zero attached hydrogens (tertiary/aromatic N) is 5.